The molecule has 0 saturated carbocycles. The molecule has 0 spiro atoms. The van der Waals surface area contributed by atoms with Gasteiger partial charge in [0, 0.05) is 21.7 Å². The zero-order valence-electron chi connectivity index (χ0n) is 9.54. The predicted octanol–water partition coefficient (Wildman–Crippen LogP) is 3.71. The van der Waals surface area contributed by atoms with E-state index in [9.17, 15) is 4.79 Å². The van der Waals surface area contributed by atoms with E-state index in [2.05, 4.69) is 0 Å². The fourth-order valence-electron chi connectivity index (χ4n) is 1.62. The molecule has 0 saturated heterocycles. The first-order valence-electron chi connectivity index (χ1n) is 5.22. The van der Waals surface area contributed by atoms with Crippen molar-refractivity contribution in [2.45, 2.75) is 6.92 Å². The number of hydrogen-bond donors (Lipinski definition) is 1. The smallest absolute Gasteiger partial charge is 0.331 e. The van der Waals surface area contributed by atoms with Crippen LogP contribution in [0, 0.1) is 0 Å². The van der Waals surface area contributed by atoms with Crippen molar-refractivity contribution in [3.63, 3.8) is 0 Å². The maximum Gasteiger partial charge on any atom is 0.331 e. The first-order valence-corrected chi connectivity index (χ1v) is 5.97. The lowest BCUT2D eigenvalue weighted by Gasteiger charge is -2.19. The maximum absolute atomic E-state index is 10.8. The van der Waals surface area contributed by atoms with E-state index in [0.717, 1.165) is 0 Å². The molecule has 1 aliphatic heterocycles. The molecule has 1 aliphatic rings. The fourth-order valence-corrected chi connectivity index (χ4v) is 2.05. The number of benzene rings is 1. The summed E-state index contributed by atoms with van der Waals surface area (Å²) in [4.78, 5) is 10.8. The Morgan fingerprint density at radius 3 is 2.83 bits per heavy atom. The summed E-state index contributed by atoms with van der Waals surface area (Å²) < 4.78 is 5.50. The lowest BCUT2D eigenvalue weighted by Crippen LogP contribution is -2.09. The van der Waals surface area contributed by atoms with Crippen molar-refractivity contribution in [2.24, 2.45) is 0 Å². The van der Waals surface area contributed by atoms with Crippen LogP contribution >= 0.6 is 23.2 Å². The second-order valence-corrected chi connectivity index (χ2v) is 4.72. The van der Waals surface area contributed by atoms with Gasteiger partial charge in [-0.15, -0.1) is 0 Å². The Kier molecular flexibility index (Phi) is 3.64. The van der Waals surface area contributed by atoms with Crippen LogP contribution in [0.4, 0.5) is 0 Å². The highest BCUT2D eigenvalue weighted by Gasteiger charge is 2.18. The van der Waals surface area contributed by atoms with E-state index in [4.69, 9.17) is 33.0 Å². The Bertz CT molecular complexity index is 574. The van der Waals surface area contributed by atoms with Gasteiger partial charge in [0.05, 0.1) is 5.03 Å². The molecule has 2 rings (SSSR count). The first-order chi connectivity index (χ1) is 8.49. The van der Waals surface area contributed by atoms with Crippen LogP contribution in [0.5, 0.6) is 5.75 Å². The molecule has 5 heteroatoms. The number of carboxylic acid groups (broad SMARTS) is 1. The minimum Gasteiger partial charge on any atom is -0.488 e. The Balaban J connectivity index is 2.48. The summed E-state index contributed by atoms with van der Waals surface area (Å²) in [6, 6.07) is 5.15. The van der Waals surface area contributed by atoms with Crippen molar-refractivity contribution in [3.05, 3.63) is 46.0 Å². The standard InChI is InChI=1S/C13H10Cl2O3/c1-7(13(16)17)4-8-6-18-11-3-2-9(14)5-10(11)12(8)15/h2-5H,6H2,1H3,(H,16,17)/b7-4+. The largest absolute Gasteiger partial charge is 0.488 e. The van der Waals surface area contributed by atoms with E-state index in [1.54, 1.807) is 18.2 Å². The monoisotopic (exact) mass is 284 g/mol. The predicted molar refractivity (Wildman–Crippen MR) is 71.1 cm³/mol. The third kappa shape index (κ3) is 2.52. The highest BCUT2D eigenvalue weighted by molar-refractivity contribution is 6.50. The van der Waals surface area contributed by atoms with Crippen LogP contribution in [0.15, 0.2) is 35.4 Å². The van der Waals surface area contributed by atoms with Gasteiger partial charge < -0.3 is 9.84 Å². The molecule has 3 nitrogen and oxygen atoms in total. The van der Waals surface area contributed by atoms with Crippen molar-refractivity contribution < 1.29 is 14.6 Å². The lowest BCUT2D eigenvalue weighted by molar-refractivity contribution is -0.132. The number of hydrogen-bond acceptors (Lipinski definition) is 2. The normalized spacial score (nSPS) is 15.2. The van der Waals surface area contributed by atoms with Crippen LogP contribution in [0.2, 0.25) is 5.02 Å². The van der Waals surface area contributed by atoms with Crippen molar-refractivity contribution >= 4 is 34.2 Å². The zero-order chi connectivity index (χ0) is 13.3. The van der Waals surface area contributed by atoms with Crippen LogP contribution in [0.1, 0.15) is 12.5 Å². The second kappa shape index (κ2) is 5.04. The SMILES string of the molecule is C/C(=C\C1=C(Cl)c2cc(Cl)ccc2OC1)C(=O)O. The molecule has 0 bridgehead atoms. The molecule has 0 atom stereocenters. The highest BCUT2D eigenvalue weighted by atomic mass is 35.5. The number of ether oxygens (including phenoxy) is 1. The van der Waals surface area contributed by atoms with Gasteiger partial charge in [0.2, 0.25) is 0 Å². The molecule has 18 heavy (non-hydrogen) atoms. The minimum absolute atomic E-state index is 0.206. The van der Waals surface area contributed by atoms with Gasteiger partial charge in [-0.2, -0.15) is 0 Å². The summed E-state index contributed by atoms with van der Waals surface area (Å²) in [6.07, 6.45) is 1.51. The summed E-state index contributed by atoms with van der Waals surface area (Å²) >= 11 is 12.1. The number of fused-ring (bicyclic) bond motifs is 1. The fraction of sp³-hybridized carbons (Fsp3) is 0.154. The average Bonchev–Trinajstić information content (AvgIpc) is 2.33. The van der Waals surface area contributed by atoms with Crippen LogP contribution in [0.25, 0.3) is 5.03 Å². The molecule has 1 heterocycles. The van der Waals surface area contributed by atoms with Crippen molar-refractivity contribution in [2.75, 3.05) is 6.61 Å². The zero-order valence-corrected chi connectivity index (χ0v) is 11.0. The van der Waals surface area contributed by atoms with Crippen molar-refractivity contribution in [1.82, 2.24) is 0 Å². The molecule has 0 aromatic heterocycles. The summed E-state index contributed by atoms with van der Waals surface area (Å²) in [5, 5.41) is 9.87. The third-order valence-electron chi connectivity index (χ3n) is 2.57. The van der Waals surface area contributed by atoms with Crippen LogP contribution in [-0.4, -0.2) is 17.7 Å². The second-order valence-electron chi connectivity index (χ2n) is 3.90. The summed E-state index contributed by atoms with van der Waals surface area (Å²) in [7, 11) is 0. The van der Waals surface area contributed by atoms with Gasteiger partial charge in [-0.05, 0) is 31.2 Å². The Hall–Kier alpha value is -1.45. The minimum atomic E-state index is -0.983. The van der Waals surface area contributed by atoms with Gasteiger partial charge in [-0.25, -0.2) is 4.79 Å². The third-order valence-corrected chi connectivity index (χ3v) is 3.25. The van der Waals surface area contributed by atoms with Gasteiger partial charge in [-0.1, -0.05) is 23.2 Å². The topological polar surface area (TPSA) is 46.5 Å². The molecule has 0 amide bonds. The molecular weight excluding hydrogens is 275 g/mol. The van der Waals surface area contributed by atoms with E-state index in [-0.39, 0.29) is 12.2 Å². The highest BCUT2D eigenvalue weighted by Crippen LogP contribution is 2.37. The molecule has 94 valence electrons. The molecule has 0 fully saturated rings. The molecule has 0 aliphatic carbocycles. The van der Waals surface area contributed by atoms with E-state index >= 15 is 0 Å². The van der Waals surface area contributed by atoms with Gasteiger partial charge in [0.25, 0.3) is 0 Å². The van der Waals surface area contributed by atoms with Gasteiger partial charge >= 0.3 is 5.97 Å². The Morgan fingerprint density at radius 1 is 1.44 bits per heavy atom. The molecule has 1 aromatic carbocycles. The molecule has 0 radical (unpaired) electrons. The number of carboxylic acids is 1. The Morgan fingerprint density at radius 2 is 2.17 bits per heavy atom. The number of halogens is 2. The quantitative estimate of drug-likeness (QED) is 0.842. The van der Waals surface area contributed by atoms with Crippen molar-refractivity contribution in [3.8, 4) is 5.75 Å². The van der Waals surface area contributed by atoms with E-state index < -0.39 is 5.97 Å². The molecule has 1 aromatic rings. The van der Waals surface area contributed by atoms with Crippen LogP contribution in [-0.2, 0) is 4.79 Å². The first kappa shape index (κ1) is 13.0. The van der Waals surface area contributed by atoms with Crippen molar-refractivity contribution in [1.29, 1.82) is 0 Å². The van der Waals surface area contributed by atoms with E-state index in [0.29, 0.717) is 26.9 Å². The van der Waals surface area contributed by atoms with Crippen LogP contribution in [0.3, 0.4) is 0 Å². The Labute approximate surface area is 114 Å². The van der Waals surface area contributed by atoms with Gasteiger partial charge in [-0.3, -0.25) is 0 Å². The number of aliphatic carboxylic acids is 1. The van der Waals surface area contributed by atoms with E-state index in [1.807, 2.05) is 0 Å². The summed E-state index contributed by atoms with van der Waals surface area (Å²) in [5.74, 6) is -0.335. The number of carbonyl (C=O) groups is 1. The summed E-state index contributed by atoms with van der Waals surface area (Å²) in [5.41, 5.74) is 1.52. The molecule has 0 unspecified atom stereocenters. The summed E-state index contributed by atoms with van der Waals surface area (Å²) in [6.45, 7) is 1.76. The molecule has 1 N–H and O–H groups in total. The maximum atomic E-state index is 10.8. The van der Waals surface area contributed by atoms with Crippen LogP contribution < -0.4 is 4.74 Å². The van der Waals surface area contributed by atoms with Gasteiger partial charge in [0.15, 0.2) is 0 Å². The van der Waals surface area contributed by atoms with Gasteiger partial charge in [0.1, 0.15) is 12.4 Å². The number of rotatable bonds is 2. The van der Waals surface area contributed by atoms with E-state index in [1.165, 1.54) is 13.0 Å². The lowest BCUT2D eigenvalue weighted by atomic mass is 10.1. The molecular formula is C13H10Cl2O3. The average molecular weight is 285 g/mol.